The van der Waals surface area contributed by atoms with Crippen LogP contribution in [0.1, 0.15) is 39.5 Å². The topological polar surface area (TPSA) is 29.5 Å². The molecule has 0 fully saturated rings. The number of carbonyl (C=O) groups is 1. The molecule has 1 unspecified atom stereocenters. The summed E-state index contributed by atoms with van der Waals surface area (Å²) >= 11 is 0. The molecule has 0 spiro atoms. The Morgan fingerprint density at radius 3 is 2.60 bits per heavy atom. The number of esters is 1. The van der Waals surface area contributed by atoms with Crippen LogP contribution in [0, 0.1) is 0 Å². The van der Waals surface area contributed by atoms with Gasteiger partial charge in [-0.25, -0.2) is 4.79 Å². The van der Waals surface area contributed by atoms with Crippen LogP contribution in [0.2, 0.25) is 0 Å². The first-order valence-electron chi connectivity index (χ1n) is 5.68. The molecule has 0 radical (unpaired) electrons. The van der Waals surface area contributed by atoms with Crippen LogP contribution in [-0.2, 0) is 9.53 Å². The Balaban J connectivity index is 4.05. The van der Waals surface area contributed by atoms with Gasteiger partial charge >= 0.3 is 5.97 Å². The van der Waals surface area contributed by atoms with Gasteiger partial charge in [0.25, 0.3) is 0 Å². The molecule has 0 heterocycles. The summed E-state index contributed by atoms with van der Waals surface area (Å²) in [5.74, 6) is -0.336. The fourth-order valence-electron chi connectivity index (χ4n) is 1.32. The number of hydrogen-bond donors (Lipinski definition) is 0. The molecular formula is C12H23NO2. The maximum Gasteiger partial charge on any atom is 0.331 e. The van der Waals surface area contributed by atoms with E-state index >= 15 is 0 Å². The Hall–Kier alpha value is -0.830. The lowest BCUT2D eigenvalue weighted by Crippen LogP contribution is -2.35. The van der Waals surface area contributed by atoms with E-state index < -0.39 is 0 Å². The highest BCUT2D eigenvalue weighted by Crippen LogP contribution is 2.10. The van der Waals surface area contributed by atoms with Gasteiger partial charge in [0.15, 0.2) is 6.23 Å². The highest BCUT2D eigenvalue weighted by atomic mass is 16.6. The zero-order valence-electron chi connectivity index (χ0n) is 10.2. The van der Waals surface area contributed by atoms with Gasteiger partial charge in [0, 0.05) is 6.08 Å². The van der Waals surface area contributed by atoms with Gasteiger partial charge in [0.05, 0.1) is 0 Å². The van der Waals surface area contributed by atoms with Crippen LogP contribution in [0.25, 0.3) is 0 Å². The van der Waals surface area contributed by atoms with Gasteiger partial charge in [-0.15, -0.1) is 0 Å². The molecule has 0 rings (SSSR count). The van der Waals surface area contributed by atoms with Crippen molar-refractivity contribution in [2.75, 3.05) is 13.6 Å². The van der Waals surface area contributed by atoms with Gasteiger partial charge in [-0.1, -0.05) is 33.3 Å². The Labute approximate surface area is 93.1 Å². The second kappa shape index (κ2) is 8.48. The Morgan fingerprint density at radius 2 is 2.13 bits per heavy atom. The van der Waals surface area contributed by atoms with Gasteiger partial charge < -0.3 is 4.74 Å². The molecule has 15 heavy (non-hydrogen) atoms. The minimum absolute atomic E-state index is 0.105. The lowest BCUT2D eigenvalue weighted by molar-refractivity contribution is -0.152. The van der Waals surface area contributed by atoms with E-state index in [-0.39, 0.29) is 12.2 Å². The molecule has 88 valence electrons. The quantitative estimate of drug-likeness (QED) is 0.268. The minimum atomic E-state index is -0.336. The summed E-state index contributed by atoms with van der Waals surface area (Å²) in [6, 6.07) is 0. The van der Waals surface area contributed by atoms with Crippen LogP contribution in [0.5, 0.6) is 0 Å². The van der Waals surface area contributed by atoms with Crippen molar-refractivity contribution in [2.24, 2.45) is 0 Å². The minimum Gasteiger partial charge on any atom is -0.443 e. The van der Waals surface area contributed by atoms with Crippen molar-refractivity contribution in [1.29, 1.82) is 0 Å². The molecule has 0 aliphatic heterocycles. The largest absolute Gasteiger partial charge is 0.443 e. The second-order valence-electron chi connectivity index (χ2n) is 3.66. The molecule has 0 aromatic heterocycles. The van der Waals surface area contributed by atoms with Crippen LogP contribution >= 0.6 is 0 Å². The molecular weight excluding hydrogens is 190 g/mol. The standard InChI is InChI=1S/C12H23NO2/c1-5-8-9-10-11(13(4)7-3)15-12(14)6-2/h6,11H,2,5,7-10H2,1,3-4H3. The fourth-order valence-corrected chi connectivity index (χ4v) is 1.32. The van der Waals surface area contributed by atoms with Crippen molar-refractivity contribution in [3.8, 4) is 0 Å². The zero-order chi connectivity index (χ0) is 11.7. The van der Waals surface area contributed by atoms with Crippen LogP contribution in [0.15, 0.2) is 12.7 Å². The summed E-state index contributed by atoms with van der Waals surface area (Å²) in [7, 11) is 1.97. The molecule has 0 aromatic rings. The summed E-state index contributed by atoms with van der Waals surface area (Å²) < 4.78 is 5.27. The van der Waals surface area contributed by atoms with Gasteiger partial charge in [-0.3, -0.25) is 4.90 Å². The van der Waals surface area contributed by atoms with Gasteiger partial charge in [0.2, 0.25) is 0 Å². The third kappa shape index (κ3) is 6.28. The first-order valence-corrected chi connectivity index (χ1v) is 5.68. The van der Waals surface area contributed by atoms with Crippen molar-refractivity contribution in [3.05, 3.63) is 12.7 Å². The highest BCUT2D eigenvalue weighted by Gasteiger charge is 2.15. The summed E-state index contributed by atoms with van der Waals surface area (Å²) in [5, 5.41) is 0. The van der Waals surface area contributed by atoms with E-state index in [2.05, 4.69) is 20.4 Å². The summed E-state index contributed by atoms with van der Waals surface area (Å²) in [5.41, 5.74) is 0. The monoisotopic (exact) mass is 213 g/mol. The van der Waals surface area contributed by atoms with Crippen LogP contribution in [0.4, 0.5) is 0 Å². The van der Waals surface area contributed by atoms with Gasteiger partial charge in [-0.2, -0.15) is 0 Å². The number of ether oxygens (including phenoxy) is 1. The van der Waals surface area contributed by atoms with Crippen molar-refractivity contribution in [3.63, 3.8) is 0 Å². The maximum atomic E-state index is 11.1. The van der Waals surface area contributed by atoms with Gasteiger partial charge in [-0.05, 0) is 26.4 Å². The highest BCUT2D eigenvalue weighted by molar-refractivity contribution is 5.81. The van der Waals surface area contributed by atoms with E-state index in [4.69, 9.17) is 4.74 Å². The zero-order valence-corrected chi connectivity index (χ0v) is 10.2. The number of nitrogens with zero attached hydrogens (tertiary/aromatic N) is 1. The fraction of sp³-hybridized carbons (Fsp3) is 0.750. The van der Waals surface area contributed by atoms with Crippen molar-refractivity contribution in [1.82, 2.24) is 4.90 Å². The Bertz CT molecular complexity index is 192. The molecule has 0 aliphatic rings. The van der Waals surface area contributed by atoms with E-state index in [1.54, 1.807) is 0 Å². The Kier molecular flexibility index (Phi) is 8.01. The van der Waals surface area contributed by atoms with Crippen LogP contribution < -0.4 is 0 Å². The lowest BCUT2D eigenvalue weighted by Gasteiger charge is -2.26. The molecule has 0 N–H and O–H groups in total. The summed E-state index contributed by atoms with van der Waals surface area (Å²) in [4.78, 5) is 13.1. The van der Waals surface area contributed by atoms with Crippen molar-refractivity contribution < 1.29 is 9.53 Å². The Morgan fingerprint density at radius 1 is 1.47 bits per heavy atom. The normalized spacial score (nSPS) is 12.5. The van der Waals surface area contributed by atoms with Crippen molar-refractivity contribution >= 4 is 5.97 Å². The van der Waals surface area contributed by atoms with Crippen molar-refractivity contribution in [2.45, 2.75) is 45.8 Å². The predicted molar refractivity (Wildman–Crippen MR) is 62.5 cm³/mol. The smallest absolute Gasteiger partial charge is 0.331 e. The molecule has 0 aliphatic carbocycles. The molecule has 3 nitrogen and oxygen atoms in total. The lowest BCUT2D eigenvalue weighted by atomic mass is 10.2. The first-order chi connectivity index (χ1) is 7.15. The average molecular weight is 213 g/mol. The van der Waals surface area contributed by atoms with E-state index in [1.165, 1.54) is 18.9 Å². The molecule has 0 bridgehead atoms. The van der Waals surface area contributed by atoms with Crippen LogP contribution in [0.3, 0.4) is 0 Å². The predicted octanol–water partition coefficient (Wildman–Crippen LogP) is 2.57. The molecule has 0 aromatic carbocycles. The van der Waals surface area contributed by atoms with E-state index in [0.29, 0.717) is 0 Å². The summed E-state index contributed by atoms with van der Waals surface area (Å²) in [6.45, 7) is 8.49. The molecule has 0 saturated heterocycles. The average Bonchev–Trinajstić information content (AvgIpc) is 2.26. The van der Waals surface area contributed by atoms with E-state index in [1.807, 2.05) is 11.9 Å². The SMILES string of the molecule is C=CC(=O)OC(CCCCC)N(C)CC. The first kappa shape index (κ1) is 14.2. The molecule has 0 amide bonds. The maximum absolute atomic E-state index is 11.1. The molecule has 3 heteroatoms. The third-order valence-corrected chi connectivity index (χ3v) is 2.46. The van der Waals surface area contributed by atoms with E-state index in [0.717, 1.165) is 19.4 Å². The number of rotatable bonds is 8. The van der Waals surface area contributed by atoms with E-state index in [9.17, 15) is 4.79 Å². The summed E-state index contributed by atoms with van der Waals surface area (Å²) in [6.07, 6.45) is 5.47. The number of unbranched alkanes of at least 4 members (excludes halogenated alkanes) is 2. The molecule has 1 atom stereocenters. The van der Waals surface area contributed by atoms with Crippen LogP contribution in [-0.4, -0.2) is 30.7 Å². The number of carbonyl (C=O) groups excluding carboxylic acids is 1. The number of hydrogen-bond acceptors (Lipinski definition) is 3. The molecule has 0 saturated carbocycles. The third-order valence-electron chi connectivity index (χ3n) is 2.46. The second-order valence-corrected chi connectivity index (χ2v) is 3.66. The van der Waals surface area contributed by atoms with Gasteiger partial charge in [0.1, 0.15) is 0 Å².